The van der Waals surface area contributed by atoms with Crippen LogP contribution < -0.4 is 5.32 Å². The highest BCUT2D eigenvalue weighted by molar-refractivity contribution is 5.75. The van der Waals surface area contributed by atoms with Crippen LogP contribution in [0, 0.1) is 0 Å². The van der Waals surface area contributed by atoms with Gasteiger partial charge in [0.2, 0.25) is 5.91 Å². The molecule has 1 aromatic rings. The van der Waals surface area contributed by atoms with Crippen LogP contribution in [0.1, 0.15) is 44.7 Å². The number of carbonyl (C=O) groups is 1. The van der Waals surface area contributed by atoms with E-state index in [0.717, 1.165) is 18.5 Å². The Balaban J connectivity index is 2.04. The van der Waals surface area contributed by atoms with E-state index in [1.54, 1.807) is 12.5 Å². The van der Waals surface area contributed by atoms with Gasteiger partial charge in [0.1, 0.15) is 0 Å². The first-order valence-corrected chi connectivity index (χ1v) is 5.57. The van der Waals surface area contributed by atoms with Crippen molar-refractivity contribution in [3.8, 4) is 0 Å². The van der Waals surface area contributed by atoms with Crippen molar-refractivity contribution < 1.29 is 4.79 Å². The number of rotatable bonds is 7. The molecule has 0 bridgehead atoms. The summed E-state index contributed by atoms with van der Waals surface area (Å²) in [6.45, 7) is 2.71. The Kier molecular flexibility index (Phi) is 5.51. The first kappa shape index (κ1) is 11.8. The zero-order chi connectivity index (χ0) is 10.9. The van der Waals surface area contributed by atoms with Gasteiger partial charge in [-0.2, -0.15) is 0 Å². The van der Waals surface area contributed by atoms with Crippen LogP contribution in [0.5, 0.6) is 0 Å². The van der Waals surface area contributed by atoms with E-state index in [0.29, 0.717) is 13.0 Å². The van der Waals surface area contributed by atoms with Crippen LogP contribution in [0.25, 0.3) is 0 Å². The molecule has 0 unspecified atom stereocenters. The zero-order valence-electron chi connectivity index (χ0n) is 9.25. The number of aromatic nitrogens is 2. The number of nitrogens with zero attached hydrogens (tertiary/aromatic N) is 1. The summed E-state index contributed by atoms with van der Waals surface area (Å²) < 4.78 is 0. The third kappa shape index (κ3) is 5.20. The van der Waals surface area contributed by atoms with E-state index in [2.05, 4.69) is 22.2 Å². The molecule has 84 valence electrons. The molecule has 1 amide bonds. The van der Waals surface area contributed by atoms with Gasteiger partial charge in [0, 0.05) is 12.6 Å². The number of carbonyl (C=O) groups excluding carboxylic acids is 1. The van der Waals surface area contributed by atoms with Gasteiger partial charge >= 0.3 is 0 Å². The second-order valence-electron chi connectivity index (χ2n) is 3.66. The van der Waals surface area contributed by atoms with Crippen molar-refractivity contribution in [3.05, 3.63) is 18.2 Å². The van der Waals surface area contributed by atoms with E-state index in [4.69, 9.17) is 0 Å². The molecule has 0 aliphatic heterocycles. The van der Waals surface area contributed by atoms with E-state index < -0.39 is 0 Å². The molecular weight excluding hydrogens is 190 g/mol. The lowest BCUT2D eigenvalue weighted by Crippen LogP contribution is -2.22. The topological polar surface area (TPSA) is 57.8 Å². The number of nitrogens with one attached hydrogen (secondary N) is 2. The SMILES string of the molecule is CCCCCCC(=O)NCc1cnc[nH]1. The molecule has 1 aromatic heterocycles. The molecule has 0 radical (unpaired) electrons. The minimum absolute atomic E-state index is 0.126. The van der Waals surface area contributed by atoms with Crippen molar-refractivity contribution in [1.29, 1.82) is 0 Å². The maximum atomic E-state index is 11.4. The van der Waals surface area contributed by atoms with Crippen LogP contribution in [0.15, 0.2) is 12.5 Å². The summed E-state index contributed by atoms with van der Waals surface area (Å²) in [5, 5.41) is 2.85. The molecule has 1 rings (SSSR count). The van der Waals surface area contributed by atoms with E-state index in [-0.39, 0.29) is 5.91 Å². The molecule has 0 spiro atoms. The summed E-state index contributed by atoms with van der Waals surface area (Å²) in [7, 11) is 0. The van der Waals surface area contributed by atoms with Crippen molar-refractivity contribution >= 4 is 5.91 Å². The normalized spacial score (nSPS) is 10.2. The zero-order valence-corrected chi connectivity index (χ0v) is 9.25. The summed E-state index contributed by atoms with van der Waals surface area (Å²) >= 11 is 0. The lowest BCUT2D eigenvalue weighted by Gasteiger charge is -2.02. The Morgan fingerprint density at radius 1 is 1.47 bits per heavy atom. The number of imidazole rings is 1. The quantitative estimate of drug-likeness (QED) is 0.675. The fraction of sp³-hybridized carbons (Fsp3) is 0.636. The highest BCUT2D eigenvalue weighted by Crippen LogP contribution is 2.02. The van der Waals surface area contributed by atoms with Crippen LogP contribution in [-0.2, 0) is 11.3 Å². The number of aromatic amines is 1. The summed E-state index contributed by atoms with van der Waals surface area (Å²) in [4.78, 5) is 18.2. The Morgan fingerprint density at radius 2 is 2.33 bits per heavy atom. The van der Waals surface area contributed by atoms with Gasteiger partial charge in [0.25, 0.3) is 0 Å². The monoisotopic (exact) mass is 209 g/mol. The van der Waals surface area contributed by atoms with Crippen LogP contribution in [0.3, 0.4) is 0 Å². The predicted octanol–water partition coefficient (Wildman–Crippen LogP) is 2.00. The van der Waals surface area contributed by atoms with Gasteiger partial charge < -0.3 is 10.3 Å². The average molecular weight is 209 g/mol. The van der Waals surface area contributed by atoms with Crippen LogP contribution in [0.2, 0.25) is 0 Å². The highest BCUT2D eigenvalue weighted by atomic mass is 16.1. The smallest absolute Gasteiger partial charge is 0.220 e. The Labute approximate surface area is 90.5 Å². The lowest BCUT2D eigenvalue weighted by atomic mass is 10.1. The van der Waals surface area contributed by atoms with Gasteiger partial charge in [0.15, 0.2) is 0 Å². The van der Waals surface area contributed by atoms with E-state index in [1.165, 1.54) is 12.8 Å². The molecule has 1 heterocycles. The molecule has 4 nitrogen and oxygen atoms in total. The maximum absolute atomic E-state index is 11.4. The summed E-state index contributed by atoms with van der Waals surface area (Å²) in [5.74, 6) is 0.126. The molecule has 0 aromatic carbocycles. The Morgan fingerprint density at radius 3 is 3.00 bits per heavy atom. The number of hydrogen-bond donors (Lipinski definition) is 2. The minimum Gasteiger partial charge on any atom is -0.350 e. The first-order valence-electron chi connectivity index (χ1n) is 5.57. The molecule has 0 saturated heterocycles. The van der Waals surface area contributed by atoms with Gasteiger partial charge in [-0.05, 0) is 6.42 Å². The molecule has 2 N–H and O–H groups in total. The standard InChI is InChI=1S/C11H19N3O/c1-2-3-4-5-6-11(15)13-8-10-7-12-9-14-10/h7,9H,2-6,8H2,1H3,(H,12,14)(H,13,15). The predicted molar refractivity (Wildman–Crippen MR) is 59.2 cm³/mol. The van der Waals surface area contributed by atoms with Crippen molar-refractivity contribution in [3.63, 3.8) is 0 Å². The largest absolute Gasteiger partial charge is 0.350 e. The van der Waals surface area contributed by atoms with E-state index >= 15 is 0 Å². The molecule has 0 saturated carbocycles. The van der Waals surface area contributed by atoms with E-state index in [9.17, 15) is 4.79 Å². The van der Waals surface area contributed by atoms with E-state index in [1.807, 2.05) is 0 Å². The van der Waals surface area contributed by atoms with Gasteiger partial charge in [-0.25, -0.2) is 4.98 Å². The molecular formula is C11H19N3O. The first-order chi connectivity index (χ1) is 7.33. The number of H-pyrrole nitrogens is 1. The lowest BCUT2D eigenvalue weighted by molar-refractivity contribution is -0.121. The van der Waals surface area contributed by atoms with Gasteiger partial charge in [-0.15, -0.1) is 0 Å². The van der Waals surface area contributed by atoms with Crippen molar-refractivity contribution in [2.45, 2.75) is 45.6 Å². The van der Waals surface area contributed by atoms with Crippen LogP contribution >= 0.6 is 0 Å². The molecule has 0 atom stereocenters. The molecule has 0 aliphatic carbocycles. The van der Waals surface area contributed by atoms with Crippen molar-refractivity contribution in [1.82, 2.24) is 15.3 Å². The minimum atomic E-state index is 0.126. The molecule has 4 heteroatoms. The summed E-state index contributed by atoms with van der Waals surface area (Å²) in [6, 6.07) is 0. The average Bonchev–Trinajstić information content (AvgIpc) is 2.74. The fourth-order valence-electron chi connectivity index (χ4n) is 1.38. The van der Waals surface area contributed by atoms with Gasteiger partial charge in [-0.1, -0.05) is 26.2 Å². The fourth-order valence-corrected chi connectivity index (χ4v) is 1.38. The van der Waals surface area contributed by atoms with Crippen molar-refractivity contribution in [2.75, 3.05) is 0 Å². The van der Waals surface area contributed by atoms with Crippen LogP contribution in [0.4, 0.5) is 0 Å². The third-order valence-electron chi connectivity index (χ3n) is 2.29. The van der Waals surface area contributed by atoms with Gasteiger partial charge in [-0.3, -0.25) is 4.79 Å². The second-order valence-corrected chi connectivity index (χ2v) is 3.66. The summed E-state index contributed by atoms with van der Waals surface area (Å²) in [5.41, 5.74) is 0.942. The molecule has 0 aliphatic rings. The second kappa shape index (κ2) is 7.04. The highest BCUT2D eigenvalue weighted by Gasteiger charge is 2.01. The third-order valence-corrected chi connectivity index (χ3v) is 2.29. The number of unbranched alkanes of at least 4 members (excludes halogenated alkanes) is 3. The molecule has 15 heavy (non-hydrogen) atoms. The van der Waals surface area contributed by atoms with Gasteiger partial charge in [0.05, 0.1) is 18.6 Å². The Hall–Kier alpha value is -1.32. The van der Waals surface area contributed by atoms with Crippen molar-refractivity contribution in [2.24, 2.45) is 0 Å². The molecule has 0 fully saturated rings. The summed E-state index contributed by atoms with van der Waals surface area (Å²) in [6.07, 6.45) is 8.52. The number of hydrogen-bond acceptors (Lipinski definition) is 2. The maximum Gasteiger partial charge on any atom is 0.220 e. The Bertz CT molecular complexity index is 269. The van der Waals surface area contributed by atoms with Crippen LogP contribution in [-0.4, -0.2) is 15.9 Å². The number of amides is 1.